The van der Waals surface area contributed by atoms with E-state index in [0.29, 0.717) is 12.0 Å². The lowest BCUT2D eigenvalue weighted by molar-refractivity contribution is -0.144. The zero-order valence-corrected chi connectivity index (χ0v) is 24.6. The quantitative estimate of drug-likeness (QED) is 0.289. The topological polar surface area (TPSA) is 134 Å². The van der Waals surface area contributed by atoms with Crippen molar-refractivity contribution in [1.29, 1.82) is 0 Å². The van der Waals surface area contributed by atoms with Gasteiger partial charge in [0, 0.05) is 19.5 Å². The molecule has 0 fully saturated rings. The average molecular weight is 570 g/mol. The first-order valence-corrected chi connectivity index (χ1v) is 14.0. The minimum absolute atomic E-state index is 0.00944. The highest BCUT2D eigenvalue weighted by atomic mass is 16.6. The number of rotatable bonds is 14. The Labute approximate surface area is 242 Å². The monoisotopic (exact) mass is 569 g/mol. The van der Waals surface area contributed by atoms with Crippen LogP contribution in [0.5, 0.6) is 5.75 Å². The van der Waals surface area contributed by atoms with Crippen LogP contribution in [0.1, 0.15) is 71.0 Å². The maximum Gasteiger partial charge on any atom is 0.408 e. The molecule has 0 aromatic heterocycles. The van der Waals surface area contributed by atoms with Gasteiger partial charge in [0.15, 0.2) is 0 Å². The van der Waals surface area contributed by atoms with E-state index in [1.165, 1.54) is 17.0 Å². The number of aromatic hydroxyl groups is 1. The Kier molecular flexibility index (Phi) is 13.1. The van der Waals surface area contributed by atoms with Crippen molar-refractivity contribution in [3.63, 3.8) is 0 Å². The van der Waals surface area contributed by atoms with Gasteiger partial charge in [-0.2, -0.15) is 0 Å². The first-order chi connectivity index (χ1) is 19.4. The minimum Gasteiger partial charge on any atom is -0.508 e. The van der Waals surface area contributed by atoms with Gasteiger partial charge < -0.3 is 30.1 Å². The van der Waals surface area contributed by atoms with Gasteiger partial charge in [0.1, 0.15) is 23.4 Å². The molecule has 10 heteroatoms. The van der Waals surface area contributed by atoms with E-state index in [-0.39, 0.29) is 38.3 Å². The number of hydrogen-bond donors (Lipinski definition) is 3. The SMILES string of the molecule is CCCCN(C(=O)C(Cc1ccccc1)NC(=O)OC(C)(C)C)C(C(=O)NCCC(=O)OCC)c1ccc(O)cc1. The molecule has 2 rings (SSSR count). The van der Waals surface area contributed by atoms with Crippen molar-refractivity contribution in [3.05, 3.63) is 65.7 Å². The number of carbonyl (C=O) groups is 4. The molecule has 0 bridgehead atoms. The van der Waals surface area contributed by atoms with E-state index in [9.17, 15) is 24.3 Å². The predicted octanol–water partition coefficient (Wildman–Crippen LogP) is 4.27. The van der Waals surface area contributed by atoms with Gasteiger partial charge in [0.2, 0.25) is 11.8 Å². The zero-order chi connectivity index (χ0) is 30.4. The number of amides is 3. The Morgan fingerprint density at radius 1 is 0.976 bits per heavy atom. The molecule has 3 N–H and O–H groups in total. The first kappa shape index (κ1) is 33.1. The Balaban J connectivity index is 2.46. The molecule has 224 valence electrons. The van der Waals surface area contributed by atoms with Gasteiger partial charge in [-0.05, 0) is 57.4 Å². The van der Waals surface area contributed by atoms with E-state index in [0.717, 1.165) is 12.0 Å². The molecule has 41 heavy (non-hydrogen) atoms. The summed E-state index contributed by atoms with van der Waals surface area (Å²) in [5, 5.41) is 15.3. The zero-order valence-electron chi connectivity index (χ0n) is 24.6. The molecule has 0 aliphatic heterocycles. The highest BCUT2D eigenvalue weighted by molar-refractivity contribution is 5.92. The number of phenols is 1. The summed E-state index contributed by atoms with van der Waals surface area (Å²) < 4.78 is 10.4. The lowest BCUT2D eigenvalue weighted by Gasteiger charge is -2.34. The van der Waals surface area contributed by atoms with Gasteiger partial charge >= 0.3 is 12.1 Å². The molecule has 2 unspecified atom stereocenters. The molecule has 0 saturated carbocycles. The van der Waals surface area contributed by atoms with E-state index < -0.39 is 41.6 Å². The standard InChI is InChI=1S/C31H43N3O7/c1-6-8-20-34(27(23-14-16-24(35)17-15-23)28(37)32-19-18-26(36)40-7-2)29(38)25(21-22-12-10-9-11-13-22)33-30(39)41-31(3,4)5/h9-17,25,27,35H,6-8,18-21H2,1-5H3,(H,32,37)(H,33,39). The van der Waals surface area contributed by atoms with Crippen molar-refractivity contribution in [2.75, 3.05) is 19.7 Å². The van der Waals surface area contributed by atoms with Gasteiger partial charge in [0.05, 0.1) is 13.0 Å². The molecule has 2 aromatic rings. The molecular formula is C31H43N3O7. The molecule has 0 heterocycles. The maximum absolute atomic E-state index is 14.3. The van der Waals surface area contributed by atoms with E-state index in [4.69, 9.17) is 9.47 Å². The Morgan fingerprint density at radius 3 is 2.22 bits per heavy atom. The van der Waals surface area contributed by atoms with Crippen LogP contribution in [0.3, 0.4) is 0 Å². The molecule has 0 aliphatic carbocycles. The van der Waals surface area contributed by atoms with E-state index in [1.807, 2.05) is 37.3 Å². The number of carbonyl (C=O) groups excluding carboxylic acids is 4. The summed E-state index contributed by atoms with van der Waals surface area (Å²) in [4.78, 5) is 54.0. The maximum atomic E-state index is 14.3. The van der Waals surface area contributed by atoms with E-state index in [1.54, 1.807) is 39.8 Å². The summed E-state index contributed by atoms with van der Waals surface area (Å²) in [5.41, 5.74) is 0.508. The van der Waals surface area contributed by atoms with E-state index >= 15 is 0 Å². The fraction of sp³-hybridized carbons (Fsp3) is 0.484. The second kappa shape index (κ2) is 16.2. The number of esters is 1. The third-order valence-electron chi connectivity index (χ3n) is 6.01. The van der Waals surface area contributed by atoms with Crippen LogP contribution < -0.4 is 10.6 Å². The number of hydrogen-bond acceptors (Lipinski definition) is 7. The number of ether oxygens (including phenoxy) is 2. The van der Waals surface area contributed by atoms with E-state index in [2.05, 4.69) is 10.6 Å². The number of alkyl carbamates (subject to hydrolysis) is 1. The van der Waals surface area contributed by atoms with Crippen LogP contribution in [0.15, 0.2) is 54.6 Å². The fourth-order valence-electron chi connectivity index (χ4n) is 4.14. The van der Waals surface area contributed by atoms with Gasteiger partial charge in [0.25, 0.3) is 0 Å². The van der Waals surface area contributed by atoms with Crippen molar-refractivity contribution in [2.45, 2.75) is 78.0 Å². The van der Waals surface area contributed by atoms with Crippen LogP contribution >= 0.6 is 0 Å². The van der Waals surface area contributed by atoms with Crippen LogP contribution in [0.2, 0.25) is 0 Å². The number of nitrogens with one attached hydrogen (secondary N) is 2. The molecule has 0 spiro atoms. The van der Waals surface area contributed by atoms with Gasteiger partial charge in [-0.15, -0.1) is 0 Å². The smallest absolute Gasteiger partial charge is 0.408 e. The summed E-state index contributed by atoms with van der Waals surface area (Å²) in [7, 11) is 0. The Hall–Kier alpha value is -4.08. The molecular weight excluding hydrogens is 526 g/mol. The third kappa shape index (κ3) is 11.5. The molecule has 0 saturated heterocycles. The number of benzene rings is 2. The molecule has 2 aromatic carbocycles. The van der Waals surface area contributed by atoms with Crippen molar-refractivity contribution < 1.29 is 33.8 Å². The first-order valence-electron chi connectivity index (χ1n) is 14.0. The second-order valence-corrected chi connectivity index (χ2v) is 10.6. The van der Waals surface area contributed by atoms with Crippen molar-refractivity contribution in [1.82, 2.24) is 15.5 Å². The van der Waals surface area contributed by atoms with Crippen LogP contribution in [0.25, 0.3) is 0 Å². The van der Waals surface area contributed by atoms with Crippen LogP contribution in [-0.4, -0.2) is 65.2 Å². The third-order valence-corrected chi connectivity index (χ3v) is 6.01. The van der Waals surface area contributed by atoms with Crippen molar-refractivity contribution in [3.8, 4) is 5.75 Å². The molecule has 0 radical (unpaired) electrons. The summed E-state index contributed by atoms with van der Waals surface area (Å²) in [6.07, 6.45) is 0.748. The average Bonchev–Trinajstić information content (AvgIpc) is 2.90. The highest BCUT2D eigenvalue weighted by Crippen LogP contribution is 2.26. The number of phenolic OH excluding ortho intramolecular Hbond substituents is 1. The molecule has 10 nitrogen and oxygen atoms in total. The summed E-state index contributed by atoms with van der Waals surface area (Å²) in [6, 6.07) is 13.2. The van der Waals surface area contributed by atoms with Crippen LogP contribution in [-0.2, 0) is 30.3 Å². The molecule has 2 atom stereocenters. The minimum atomic E-state index is -1.09. The number of unbranched alkanes of at least 4 members (excludes halogenated alkanes) is 1. The van der Waals surface area contributed by atoms with Gasteiger partial charge in [-0.1, -0.05) is 55.8 Å². The lowest BCUT2D eigenvalue weighted by Crippen LogP contribution is -2.54. The summed E-state index contributed by atoms with van der Waals surface area (Å²) in [5.74, 6) is -1.40. The summed E-state index contributed by atoms with van der Waals surface area (Å²) in [6.45, 7) is 9.35. The normalized spacial score (nSPS) is 12.5. The predicted molar refractivity (Wildman–Crippen MR) is 155 cm³/mol. The largest absolute Gasteiger partial charge is 0.508 e. The van der Waals surface area contributed by atoms with Crippen LogP contribution in [0.4, 0.5) is 4.79 Å². The summed E-state index contributed by atoms with van der Waals surface area (Å²) >= 11 is 0. The second-order valence-electron chi connectivity index (χ2n) is 10.6. The Bertz CT molecular complexity index is 1130. The molecule has 0 aliphatic rings. The highest BCUT2D eigenvalue weighted by Gasteiger charge is 2.36. The fourth-order valence-corrected chi connectivity index (χ4v) is 4.14. The van der Waals surface area contributed by atoms with Crippen LogP contribution in [0, 0.1) is 0 Å². The van der Waals surface area contributed by atoms with Crippen molar-refractivity contribution >= 4 is 23.9 Å². The Morgan fingerprint density at radius 2 is 1.63 bits per heavy atom. The number of nitrogens with zero attached hydrogens (tertiary/aromatic N) is 1. The lowest BCUT2D eigenvalue weighted by atomic mass is 9.99. The van der Waals surface area contributed by atoms with Crippen molar-refractivity contribution in [2.24, 2.45) is 0 Å². The molecule has 3 amide bonds. The van der Waals surface area contributed by atoms with Gasteiger partial charge in [-0.3, -0.25) is 14.4 Å². The van der Waals surface area contributed by atoms with Gasteiger partial charge in [-0.25, -0.2) is 4.79 Å².